The van der Waals surface area contributed by atoms with Crippen molar-refractivity contribution in [2.24, 2.45) is 10.9 Å². The molecule has 0 bridgehead atoms. The van der Waals surface area contributed by atoms with Gasteiger partial charge in [-0.1, -0.05) is 18.2 Å². The summed E-state index contributed by atoms with van der Waals surface area (Å²) in [6, 6.07) is 8.52. The number of nitrogens with one attached hydrogen (secondary N) is 2. The van der Waals surface area contributed by atoms with Crippen molar-refractivity contribution in [1.82, 2.24) is 15.5 Å². The molecule has 2 aliphatic rings. The van der Waals surface area contributed by atoms with Crippen LogP contribution in [0.2, 0.25) is 0 Å². The van der Waals surface area contributed by atoms with Crippen LogP contribution < -0.4 is 15.4 Å². The van der Waals surface area contributed by atoms with Gasteiger partial charge in [-0.25, -0.2) is 0 Å². The highest BCUT2D eigenvalue weighted by atomic mass is 16.5. The Bertz CT molecular complexity index is 658. The maximum absolute atomic E-state index is 6.09. The first-order chi connectivity index (χ1) is 14.7. The van der Waals surface area contributed by atoms with Gasteiger partial charge >= 0.3 is 0 Å². The van der Waals surface area contributed by atoms with Crippen molar-refractivity contribution in [3.8, 4) is 5.75 Å². The number of rotatable bonds is 9. The molecule has 3 rings (SSSR count). The van der Waals surface area contributed by atoms with Crippen molar-refractivity contribution in [3.05, 3.63) is 29.8 Å². The van der Waals surface area contributed by atoms with Gasteiger partial charge in [-0.2, -0.15) is 0 Å². The number of aryl methyl sites for hydroxylation is 1. The lowest BCUT2D eigenvalue weighted by molar-refractivity contribution is 0.00368. The number of morpholine rings is 1. The van der Waals surface area contributed by atoms with E-state index in [1.807, 2.05) is 18.2 Å². The Kier molecular flexibility index (Phi) is 9.24. The van der Waals surface area contributed by atoms with Crippen LogP contribution in [-0.2, 0) is 9.47 Å². The molecule has 0 aromatic heterocycles. The molecule has 1 aromatic rings. The van der Waals surface area contributed by atoms with E-state index in [0.717, 1.165) is 76.3 Å². The van der Waals surface area contributed by atoms with Crippen LogP contribution >= 0.6 is 0 Å². The summed E-state index contributed by atoms with van der Waals surface area (Å²) in [4.78, 5) is 7.46. The van der Waals surface area contributed by atoms with Crippen molar-refractivity contribution in [1.29, 1.82) is 0 Å². The summed E-state index contributed by atoms with van der Waals surface area (Å²) in [5, 5.41) is 6.82. The summed E-state index contributed by atoms with van der Waals surface area (Å²) in [6.45, 7) is 13.8. The number of nitrogens with zero attached hydrogens (tertiary/aromatic N) is 2. The topological polar surface area (TPSA) is 67.4 Å². The van der Waals surface area contributed by atoms with Crippen molar-refractivity contribution >= 4 is 5.96 Å². The molecule has 0 saturated carbocycles. The van der Waals surface area contributed by atoms with Crippen LogP contribution in [0, 0.1) is 12.8 Å². The summed E-state index contributed by atoms with van der Waals surface area (Å²) < 4.78 is 17.3. The van der Waals surface area contributed by atoms with Crippen LogP contribution in [0.25, 0.3) is 0 Å². The van der Waals surface area contributed by atoms with Gasteiger partial charge in [0.15, 0.2) is 5.96 Å². The Morgan fingerprint density at radius 2 is 2.00 bits per heavy atom. The van der Waals surface area contributed by atoms with Gasteiger partial charge in [-0.3, -0.25) is 9.89 Å². The van der Waals surface area contributed by atoms with E-state index in [-0.39, 0.29) is 6.10 Å². The number of guanidine groups is 1. The van der Waals surface area contributed by atoms with Crippen molar-refractivity contribution in [3.63, 3.8) is 0 Å². The fourth-order valence-corrected chi connectivity index (χ4v) is 4.04. The van der Waals surface area contributed by atoms with Crippen LogP contribution in [-0.4, -0.2) is 82.2 Å². The SMILES string of the molecule is CCNC(=NCC(C1CCOC1)N1CCOCC1)NCC(C)Oc1ccccc1C. The molecule has 0 amide bonds. The number of para-hydroxylation sites is 1. The molecule has 7 nitrogen and oxygen atoms in total. The Morgan fingerprint density at radius 1 is 1.20 bits per heavy atom. The van der Waals surface area contributed by atoms with Gasteiger partial charge in [0.2, 0.25) is 0 Å². The highest BCUT2D eigenvalue weighted by molar-refractivity contribution is 5.79. The van der Waals surface area contributed by atoms with E-state index in [9.17, 15) is 0 Å². The molecule has 2 aliphatic heterocycles. The molecule has 3 unspecified atom stereocenters. The van der Waals surface area contributed by atoms with Crippen molar-refractivity contribution in [2.75, 3.05) is 59.2 Å². The number of benzene rings is 1. The average molecular weight is 419 g/mol. The quantitative estimate of drug-likeness (QED) is 0.473. The molecule has 2 N–H and O–H groups in total. The van der Waals surface area contributed by atoms with Gasteiger partial charge < -0.3 is 24.8 Å². The third-order valence-corrected chi connectivity index (χ3v) is 5.78. The summed E-state index contributed by atoms with van der Waals surface area (Å²) in [7, 11) is 0. The van der Waals surface area contributed by atoms with Gasteiger partial charge in [-0.15, -0.1) is 0 Å². The van der Waals surface area contributed by atoms with E-state index in [1.54, 1.807) is 0 Å². The summed E-state index contributed by atoms with van der Waals surface area (Å²) in [5.74, 6) is 2.32. The lowest BCUT2D eigenvalue weighted by Gasteiger charge is -2.36. The van der Waals surface area contributed by atoms with E-state index in [2.05, 4.69) is 42.4 Å². The minimum absolute atomic E-state index is 0.0354. The average Bonchev–Trinajstić information content (AvgIpc) is 3.29. The molecular formula is C23H38N4O3. The normalized spacial score (nSPS) is 22.5. The molecule has 0 aliphatic carbocycles. The Morgan fingerprint density at radius 3 is 2.70 bits per heavy atom. The maximum atomic E-state index is 6.09. The van der Waals surface area contributed by atoms with E-state index in [0.29, 0.717) is 18.5 Å². The Labute approximate surface area is 181 Å². The van der Waals surface area contributed by atoms with Crippen molar-refractivity contribution < 1.29 is 14.2 Å². The van der Waals surface area contributed by atoms with Crippen LogP contribution in [0.4, 0.5) is 0 Å². The number of aliphatic imine (C=N–C) groups is 1. The third kappa shape index (κ3) is 6.86. The maximum Gasteiger partial charge on any atom is 0.191 e. The van der Waals surface area contributed by atoms with E-state index in [4.69, 9.17) is 19.2 Å². The monoisotopic (exact) mass is 418 g/mol. The fourth-order valence-electron chi connectivity index (χ4n) is 4.04. The van der Waals surface area contributed by atoms with Crippen LogP contribution in [0.1, 0.15) is 25.8 Å². The zero-order valence-electron chi connectivity index (χ0n) is 18.7. The third-order valence-electron chi connectivity index (χ3n) is 5.78. The highest BCUT2D eigenvalue weighted by Crippen LogP contribution is 2.22. The predicted molar refractivity (Wildman–Crippen MR) is 120 cm³/mol. The summed E-state index contributed by atoms with van der Waals surface area (Å²) in [5.41, 5.74) is 1.15. The standard InChI is InChI=1S/C23H38N4O3/c1-4-24-23(25-15-19(3)30-22-8-6-5-7-18(22)2)26-16-21(20-9-12-29-17-20)27-10-13-28-14-11-27/h5-8,19-21H,4,9-17H2,1-3H3,(H2,24,25,26). The lowest BCUT2D eigenvalue weighted by Crippen LogP contribution is -2.49. The molecule has 168 valence electrons. The molecular weight excluding hydrogens is 380 g/mol. The van der Waals surface area contributed by atoms with Gasteiger partial charge in [0, 0.05) is 38.2 Å². The van der Waals surface area contributed by atoms with Gasteiger partial charge in [0.05, 0.1) is 32.9 Å². The first-order valence-corrected chi connectivity index (χ1v) is 11.3. The minimum Gasteiger partial charge on any atom is -0.489 e. The molecule has 0 spiro atoms. The summed E-state index contributed by atoms with van der Waals surface area (Å²) in [6.07, 6.45) is 1.15. The van der Waals surface area contributed by atoms with E-state index < -0.39 is 0 Å². The van der Waals surface area contributed by atoms with E-state index in [1.165, 1.54) is 0 Å². The molecule has 7 heteroatoms. The van der Waals surface area contributed by atoms with E-state index >= 15 is 0 Å². The zero-order chi connectivity index (χ0) is 21.2. The van der Waals surface area contributed by atoms with Crippen LogP contribution in [0.5, 0.6) is 5.75 Å². The Balaban J connectivity index is 1.56. The summed E-state index contributed by atoms with van der Waals surface area (Å²) >= 11 is 0. The molecule has 2 heterocycles. The predicted octanol–water partition coefficient (Wildman–Crippen LogP) is 2.05. The molecule has 2 saturated heterocycles. The molecule has 3 atom stereocenters. The zero-order valence-corrected chi connectivity index (χ0v) is 18.7. The minimum atomic E-state index is 0.0354. The first-order valence-electron chi connectivity index (χ1n) is 11.3. The van der Waals surface area contributed by atoms with Crippen LogP contribution in [0.15, 0.2) is 29.3 Å². The van der Waals surface area contributed by atoms with Crippen molar-refractivity contribution in [2.45, 2.75) is 39.3 Å². The Hall–Kier alpha value is -1.83. The van der Waals surface area contributed by atoms with Crippen LogP contribution in [0.3, 0.4) is 0 Å². The highest BCUT2D eigenvalue weighted by Gasteiger charge is 2.31. The second kappa shape index (κ2) is 12.1. The lowest BCUT2D eigenvalue weighted by atomic mass is 9.97. The number of ether oxygens (including phenoxy) is 3. The smallest absolute Gasteiger partial charge is 0.191 e. The number of hydrogen-bond donors (Lipinski definition) is 2. The second-order valence-electron chi connectivity index (χ2n) is 8.13. The first kappa shape index (κ1) is 22.8. The fraction of sp³-hybridized carbons (Fsp3) is 0.696. The largest absolute Gasteiger partial charge is 0.489 e. The molecule has 30 heavy (non-hydrogen) atoms. The molecule has 2 fully saturated rings. The molecule has 0 radical (unpaired) electrons. The van der Waals surface area contributed by atoms with Gasteiger partial charge in [0.1, 0.15) is 11.9 Å². The van der Waals surface area contributed by atoms with Gasteiger partial charge in [-0.05, 0) is 38.8 Å². The van der Waals surface area contributed by atoms with Gasteiger partial charge in [0.25, 0.3) is 0 Å². The number of hydrogen-bond acceptors (Lipinski definition) is 5. The second-order valence-corrected chi connectivity index (χ2v) is 8.13. The molecule has 1 aromatic carbocycles.